The molecule has 0 saturated heterocycles. The van der Waals surface area contributed by atoms with Crippen LogP contribution in [0.4, 0.5) is 0 Å². The van der Waals surface area contributed by atoms with Crippen molar-refractivity contribution in [2.45, 2.75) is 39.2 Å². The Bertz CT molecular complexity index is 349. The summed E-state index contributed by atoms with van der Waals surface area (Å²) in [4.78, 5) is 2.83. The van der Waals surface area contributed by atoms with Gasteiger partial charge in [-0.05, 0) is 37.9 Å². The monoisotopic (exact) mass is 255 g/mol. The molecule has 4 N–H and O–H groups in total. The number of nitrogens with one attached hydrogen (secondary N) is 1. The van der Waals surface area contributed by atoms with Gasteiger partial charge < -0.3 is 16.3 Å². The number of thiophene rings is 1. The average Bonchev–Trinajstić information content (AvgIpc) is 2.81. The van der Waals surface area contributed by atoms with Crippen molar-refractivity contribution in [3.63, 3.8) is 0 Å². The molecule has 17 heavy (non-hydrogen) atoms. The second-order valence-electron chi connectivity index (χ2n) is 3.95. The molecule has 96 valence electrons. The molecule has 0 aliphatic carbocycles. The Balaban J connectivity index is 2.04. The fourth-order valence-corrected chi connectivity index (χ4v) is 2.45. The molecule has 4 nitrogen and oxygen atoms in total. The van der Waals surface area contributed by atoms with E-state index in [1.54, 1.807) is 0 Å². The Kier molecular flexibility index (Phi) is 6.65. The van der Waals surface area contributed by atoms with E-state index < -0.39 is 0 Å². The van der Waals surface area contributed by atoms with Crippen molar-refractivity contribution in [3.8, 4) is 0 Å². The van der Waals surface area contributed by atoms with E-state index in [4.69, 9.17) is 10.9 Å². The second-order valence-corrected chi connectivity index (χ2v) is 5.20. The first-order chi connectivity index (χ1) is 8.26. The van der Waals surface area contributed by atoms with Crippen LogP contribution in [0.3, 0.4) is 0 Å². The molecule has 0 saturated carbocycles. The van der Waals surface area contributed by atoms with Gasteiger partial charge in [0.2, 0.25) is 0 Å². The lowest BCUT2D eigenvalue weighted by molar-refractivity contribution is 0.316. The molecule has 0 atom stereocenters. The van der Waals surface area contributed by atoms with Crippen LogP contribution in [-0.4, -0.2) is 17.6 Å². The Morgan fingerprint density at radius 1 is 1.41 bits per heavy atom. The van der Waals surface area contributed by atoms with E-state index in [0.717, 1.165) is 32.4 Å². The minimum atomic E-state index is 0.316. The Morgan fingerprint density at radius 2 is 2.18 bits per heavy atom. The lowest BCUT2D eigenvalue weighted by Gasteiger charge is -2.02. The molecule has 1 aromatic heterocycles. The maximum absolute atomic E-state index is 8.36. The van der Waals surface area contributed by atoms with Crippen molar-refractivity contribution in [1.82, 2.24) is 5.32 Å². The van der Waals surface area contributed by atoms with E-state index in [-0.39, 0.29) is 0 Å². The number of hydrogen-bond acceptors (Lipinski definition) is 4. The van der Waals surface area contributed by atoms with Crippen LogP contribution in [0.5, 0.6) is 0 Å². The number of amidine groups is 1. The quantitative estimate of drug-likeness (QED) is 0.219. The summed E-state index contributed by atoms with van der Waals surface area (Å²) in [7, 11) is 0. The summed E-state index contributed by atoms with van der Waals surface area (Å²) in [5.41, 5.74) is 5.38. The highest BCUT2D eigenvalue weighted by atomic mass is 32.1. The lowest BCUT2D eigenvalue weighted by Crippen LogP contribution is -2.15. The predicted octanol–water partition coefficient (Wildman–Crippen LogP) is 2.32. The Morgan fingerprint density at radius 3 is 2.82 bits per heavy atom. The Hall–Kier alpha value is -1.07. The van der Waals surface area contributed by atoms with Gasteiger partial charge in [0.05, 0.1) is 0 Å². The van der Waals surface area contributed by atoms with Gasteiger partial charge in [0, 0.05) is 22.7 Å². The van der Waals surface area contributed by atoms with E-state index in [9.17, 15) is 0 Å². The summed E-state index contributed by atoms with van der Waals surface area (Å²) in [6.45, 7) is 4.09. The van der Waals surface area contributed by atoms with E-state index in [1.807, 2.05) is 11.3 Å². The lowest BCUT2D eigenvalue weighted by atomic mass is 10.2. The number of aryl methyl sites for hydroxylation is 1. The van der Waals surface area contributed by atoms with Crippen LogP contribution < -0.4 is 11.1 Å². The summed E-state index contributed by atoms with van der Waals surface area (Å²) in [5, 5.41) is 14.7. The fraction of sp³-hybridized carbons (Fsp3) is 0.583. The normalized spacial score (nSPS) is 11.9. The zero-order chi connectivity index (χ0) is 12.5. The molecule has 5 heteroatoms. The summed E-state index contributed by atoms with van der Waals surface area (Å²) >= 11 is 1.87. The molecule has 0 fully saturated rings. The van der Waals surface area contributed by atoms with Crippen LogP contribution >= 0.6 is 11.3 Å². The van der Waals surface area contributed by atoms with Gasteiger partial charge >= 0.3 is 0 Å². The minimum Gasteiger partial charge on any atom is -0.409 e. The number of hydrogen-bond donors (Lipinski definition) is 3. The number of rotatable bonds is 8. The first kappa shape index (κ1) is 14.0. The van der Waals surface area contributed by atoms with Crippen molar-refractivity contribution in [2.24, 2.45) is 10.9 Å². The van der Waals surface area contributed by atoms with Crippen LogP contribution in [0, 0.1) is 0 Å². The number of unbranched alkanes of at least 4 members (excludes halogenated alkanes) is 1. The van der Waals surface area contributed by atoms with Crippen molar-refractivity contribution in [3.05, 3.63) is 21.9 Å². The predicted molar refractivity (Wildman–Crippen MR) is 72.7 cm³/mol. The number of nitrogens with two attached hydrogens (primary N) is 1. The third kappa shape index (κ3) is 5.70. The van der Waals surface area contributed by atoms with Crippen LogP contribution in [0.25, 0.3) is 0 Å². The third-order valence-corrected chi connectivity index (χ3v) is 3.76. The van der Waals surface area contributed by atoms with Crippen LogP contribution in [-0.2, 0) is 13.0 Å². The summed E-state index contributed by atoms with van der Waals surface area (Å²) in [6.07, 6.45) is 3.78. The van der Waals surface area contributed by atoms with Crippen molar-refractivity contribution in [1.29, 1.82) is 0 Å². The molecule has 0 aliphatic heterocycles. The summed E-state index contributed by atoms with van der Waals surface area (Å²) in [6, 6.07) is 4.38. The van der Waals surface area contributed by atoms with Gasteiger partial charge in [-0.3, -0.25) is 0 Å². The molecule has 1 rings (SSSR count). The molecule has 0 aliphatic rings. The molecular formula is C12H21N3OS. The van der Waals surface area contributed by atoms with Gasteiger partial charge in [0.25, 0.3) is 0 Å². The van der Waals surface area contributed by atoms with Gasteiger partial charge in [0.1, 0.15) is 5.84 Å². The van der Waals surface area contributed by atoms with Gasteiger partial charge in [-0.25, -0.2) is 0 Å². The maximum Gasteiger partial charge on any atom is 0.139 e. The summed E-state index contributed by atoms with van der Waals surface area (Å²) in [5.74, 6) is 0.316. The molecule has 0 spiro atoms. The van der Waals surface area contributed by atoms with E-state index in [2.05, 4.69) is 29.5 Å². The third-order valence-electron chi connectivity index (χ3n) is 2.53. The second kappa shape index (κ2) is 8.08. The smallest absolute Gasteiger partial charge is 0.139 e. The van der Waals surface area contributed by atoms with Crippen LogP contribution in [0.2, 0.25) is 0 Å². The fourth-order valence-electron chi connectivity index (χ4n) is 1.53. The van der Waals surface area contributed by atoms with Gasteiger partial charge in [0.15, 0.2) is 0 Å². The first-order valence-corrected chi connectivity index (χ1v) is 6.82. The number of nitrogens with zero attached hydrogens (tertiary/aromatic N) is 1. The van der Waals surface area contributed by atoms with Crippen molar-refractivity contribution < 1.29 is 5.21 Å². The van der Waals surface area contributed by atoms with Gasteiger partial charge in [-0.1, -0.05) is 12.1 Å². The van der Waals surface area contributed by atoms with Crippen LogP contribution in [0.1, 0.15) is 35.9 Å². The maximum atomic E-state index is 8.36. The molecule has 0 aromatic carbocycles. The standard InChI is InChI=1S/C12H21N3OS/c1-2-10-6-7-11(17-10)9-14-8-4-3-5-12(13)15-16/h6-7,14,16H,2-5,8-9H2,1H3,(H2,13,15). The highest BCUT2D eigenvalue weighted by Gasteiger charge is 1.98. The topological polar surface area (TPSA) is 70.6 Å². The molecule has 0 bridgehead atoms. The first-order valence-electron chi connectivity index (χ1n) is 6.01. The molecule has 0 radical (unpaired) electrons. The number of oxime groups is 1. The average molecular weight is 255 g/mol. The van der Waals surface area contributed by atoms with Crippen molar-refractivity contribution >= 4 is 17.2 Å². The Labute approximate surface area is 107 Å². The largest absolute Gasteiger partial charge is 0.409 e. The molecule has 1 heterocycles. The van der Waals surface area contributed by atoms with Gasteiger partial charge in [-0.15, -0.1) is 11.3 Å². The molecule has 0 amide bonds. The SMILES string of the molecule is CCc1ccc(CNCCCC/C(N)=N/O)s1. The zero-order valence-electron chi connectivity index (χ0n) is 10.3. The van der Waals surface area contributed by atoms with Crippen LogP contribution in [0.15, 0.2) is 17.3 Å². The van der Waals surface area contributed by atoms with E-state index in [0.29, 0.717) is 12.3 Å². The van der Waals surface area contributed by atoms with E-state index >= 15 is 0 Å². The summed E-state index contributed by atoms with van der Waals surface area (Å²) < 4.78 is 0. The highest BCUT2D eigenvalue weighted by molar-refractivity contribution is 7.11. The molecular weight excluding hydrogens is 234 g/mol. The van der Waals surface area contributed by atoms with Gasteiger partial charge in [-0.2, -0.15) is 0 Å². The highest BCUT2D eigenvalue weighted by Crippen LogP contribution is 2.16. The zero-order valence-corrected chi connectivity index (χ0v) is 11.1. The molecule has 0 unspecified atom stereocenters. The van der Waals surface area contributed by atoms with E-state index in [1.165, 1.54) is 9.75 Å². The minimum absolute atomic E-state index is 0.316. The van der Waals surface area contributed by atoms with Crippen molar-refractivity contribution in [2.75, 3.05) is 6.54 Å². The molecule has 1 aromatic rings.